The molecule has 1 heterocycles. The highest BCUT2D eigenvalue weighted by atomic mass is 16.7. The highest BCUT2D eigenvalue weighted by Crippen LogP contribution is 2.23. The predicted molar refractivity (Wildman–Crippen MR) is 98.9 cm³/mol. The maximum Gasteiger partial charge on any atom is 0.311 e. The number of ether oxygens (including phenoxy) is 4. The van der Waals surface area contributed by atoms with Gasteiger partial charge in [0.25, 0.3) is 5.69 Å². The molecule has 9 heteroatoms. The Hall–Kier alpha value is -3.30. The lowest BCUT2D eigenvalue weighted by molar-refractivity contribution is -0.384. The monoisotopic (exact) mass is 401 g/mol. The van der Waals surface area contributed by atoms with Crippen molar-refractivity contribution in [2.75, 3.05) is 13.2 Å². The highest BCUT2D eigenvalue weighted by Gasteiger charge is 2.26. The second kappa shape index (κ2) is 9.76. The number of carbonyl (C=O) groups excluding carboxylic acids is 2. The summed E-state index contributed by atoms with van der Waals surface area (Å²) in [4.78, 5) is 33.8. The number of hydrogen-bond acceptors (Lipinski definition) is 8. The van der Waals surface area contributed by atoms with Gasteiger partial charge in [-0.2, -0.15) is 0 Å². The van der Waals surface area contributed by atoms with Crippen LogP contribution in [0, 0.1) is 10.1 Å². The summed E-state index contributed by atoms with van der Waals surface area (Å²) in [7, 11) is 0. The SMILES string of the molecule is O=C(CCC(=O)OC1COC(c2ccccc2)OC1)Oc1ccc([N+](=O)[O-])cc1. The van der Waals surface area contributed by atoms with Gasteiger partial charge in [0, 0.05) is 17.7 Å². The number of rotatable bonds is 7. The summed E-state index contributed by atoms with van der Waals surface area (Å²) in [5.74, 6) is -1.05. The van der Waals surface area contributed by atoms with E-state index in [0.29, 0.717) is 0 Å². The van der Waals surface area contributed by atoms with Crippen molar-refractivity contribution < 1.29 is 33.5 Å². The number of esters is 2. The molecule has 0 amide bonds. The van der Waals surface area contributed by atoms with Crippen LogP contribution < -0.4 is 4.74 Å². The maximum atomic E-state index is 11.9. The third-order valence-corrected chi connectivity index (χ3v) is 4.05. The summed E-state index contributed by atoms with van der Waals surface area (Å²) in [5.41, 5.74) is 0.770. The molecule has 0 radical (unpaired) electrons. The number of hydrogen-bond donors (Lipinski definition) is 0. The van der Waals surface area contributed by atoms with Gasteiger partial charge in [0.05, 0.1) is 31.0 Å². The Labute approximate surface area is 166 Å². The van der Waals surface area contributed by atoms with Gasteiger partial charge in [-0.1, -0.05) is 30.3 Å². The lowest BCUT2D eigenvalue weighted by Crippen LogP contribution is -2.35. The first-order valence-electron chi connectivity index (χ1n) is 8.94. The first-order chi connectivity index (χ1) is 14.0. The maximum absolute atomic E-state index is 11.9. The van der Waals surface area contributed by atoms with Crippen LogP contribution >= 0.6 is 0 Å². The van der Waals surface area contributed by atoms with Gasteiger partial charge in [-0.05, 0) is 12.1 Å². The van der Waals surface area contributed by atoms with Crippen molar-refractivity contribution in [3.8, 4) is 5.75 Å². The lowest BCUT2D eigenvalue weighted by atomic mass is 10.2. The van der Waals surface area contributed by atoms with Crippen LogP contribution in [-0.2, 0) is 23.8 Å². The molecule has 0 unspecified atom stereocenters. The van der Waals surface area contributed by atoms with E-state index < -0.39 is 29.3 Å². The van der Waals surface area contributed by atoms with Crippen LogP contribution in [0.1, 0.15) is 24.7 Å². The molecule has 29 heavy (non-hydrogen) atoms. The van der Waals surface area contributed by atoms with Crippen molar-refractivity contribution in [2.45, 2.75) is 25.2 Å². The zero-order valence-corrected chi connectivity index (χ0v) is 15.4. The van der Waals surface area contributed by atoms with Crippen LogP contribution in [0.2, 0.25) is 0 Å². The second-order valence-electron chi connectivity index (χ2n) is 6.25. The normalized spacial score (nSPS) is 18.6. The Kier molecular flexibility index (Phi) is 6.88. The molecule has 152 valence electrons. The number of carbonyl (C=O) groups is 2. The Morgan fingerprint density at radius 2 is 1.59 bits per heavy atom. The van der Waals surface area contributed by atoms with Gasteiger partial charge >= 0.3 is 11.9 Å². The molecule has 3 rings (SSSR count). The van der Waals surface area contributed by atoms with Crippen molar-refractivity contribution >= 4 is 17.6 Å². The number of non-ortho nitro benzene ring substituents is 1. The summed E-state index contributed by atoms with van der Waals surface area (Å²) < 4.78 is 21.4. The average molecular weight is 401 g/mol. The van der Waals surface area contributed by atoms with Crippen LogP contribution in [-0.4, -0.2) is 36.2 Å². The van der Waals surface area contributed by atoms with Crippen LogP contribution in [0.3, 0.4) is 0 Å². The predicted octanol–water partition coefficient (Wildman–Crippen LogP) is 2.94. The standard InChI is InChI=1S/C20H19NO8/c22-18(28-16-8-6-15(7-9-16)21(24)25)10-11-19(23)29-17-12-26-20(27-13-17)14-4-2-1-3-5-14/h1-9,17,20H,10-13H2. The second-order valence-corrected chi connectivity index (χ2v) is 6.25. The van der Waals surface area contributed by atoms with Gasteiger partial charge in [0.1, 0.15) is 11.9 Å². The van der Waals surface area contributed by atoms with Crippen molar-refractivity contribution in [1.82, 2.24) is 0 Å². The number of nitrogens with zero attached hydrogens (tertiary/aromatic N) is 1. The molecule has 1 aliphatic heterocycles. The van der Waals surface area contributed by atoms with E-state index in [4.69, 9.17) is 18.9 Å². The zero-order chi connectivity index (χ0) is 20.6. The summed E-state index contributed by atoms with van der Waals surface area (Å²) in [5, 5.41) is 10.6. The summed E-state index contributed by atoms with van der Waals surface area (Å²) in [6, 6.07) is 14.5. The average Bonchev–Trinajstić information content (AvgIpc) is 2.74. The van der Waals surface area contributed by atoms with Gasteiger partial charge in [-0.15, -0.1) is 0 Å². The van der Waals surface area contributed by atoms with E-state index >= 15 is 0 Å². The van der Waals surface area contributed by atoms with Crippen LogP contribution in [0.25, 0.3) is 0 Å². The van der Waals surface area contributed by atoms with E-state index in [0.717, 1.165) is 5.56 Å². The third kappa shape index (κ3) is 6.09. The summed E-state index contributed by atoms with van der Waals surface area (Å²) in [6.45, 7) is 0.386. The molecule has 0 aromatic heterocycles. The van der Waals surface area contributed by atoms with E-state index in [1.54, 1.807) is 0 Å². The quantitative estimate of drug-likeness (QED) is 0.301. The van der Waals surface area contributed by atoms with Crippen molar-refractivity contribution in [3.63, 3.8) is 0 Å². The molecule has 1 fully saturated rings. The highest BCUT2D eigenvalue weighted by molar-refractivity contribution is 5.79. The first kappa shape index (κ1) is 20.4. The smallest absolute Gasteiger partial charge is 0.311 e. The minimum atomic E-state index is -0.643. The number of nitro benzene ring substituents is 1. The molecule has 9 nitrogen and oxygen atoms in total. The molecule has 0 saturated carbocycles. The molecule has 1 aliphatic rings. The minimum absolute atomic E-state index is 0.111. The molecule has 2 aromatic rings. The van der Waals surface area contributed by atoms with Crippen LogP contribution in [0.5, 0.6) is 5.75 Å². The molecule has 0 atom stereocenters. The van der Waals surface area contributed by atoms with Crippen LogP contribution in [0.4, 0.5) is 5.69 Å². The number of benzene rings is 2. The molecular weight excluding hydrogens is 382 g/mol. The fraction of sp³-hybridized carbons (Fsp3) is 0.300. The number of nitro groups is 1. The molecule has 2 aromatic carbocycles. The van der Waals surface area contributed by atoms with E-state index in [1.807, 2.05) is 30.3 Å². The Balaban J connectivity index is 1.36. The van der Waals surface area contributed by atoms with Gasteiger partial charge < -0.3 is 18.9 Å². The Bertz CT molecular complexity index is 845. The van der Waals surface area contributed by atoms with E-state index in [9.17, 15) is 19.7 Å². The Morgan fingerprint density at radius 3 is 2.21 bits per heavy atom. The fourth-order valence-electron chi connectivity index (χ4n) is 2.62. The molecular formula is C20H19NO8. The minimum Gasteiger partial charge on any atom is -0.457 e. The van der Waals surface area contributed by atoms with Gasteiger partial charge in [-0.3, -0.25) is 19.7 Å². The summed E-state index contributed by atoms with van der Waals surface area (Å²) >= 11 is 0. The van der Waals surface area contributed by atoms with Crippen molar-refractivity contribution in [2.24, 2.45) is 0 Å². The largest absolute Gasteiger partial charge is 0.457 e. The fourth-order valence-corrected chi connectivity index (χ4v) is 2.62. The molecule has 0 aliphatic carbocycles. The first-order valence-corrected chi connectivity index (χ1v) is 8.94. The van der Waals surface area contributed by atoms with Crippen molar-refractivity contribution in [1.29, 1.82) is 0 Å². The molecule has 1 saturated heterocycles. The molecule has 0 spiro atoms. The molecule has 0 bridgehead atoms. The topological polar surface area (TPSA) is 114 Å². The third-order valence-electron chi connectivity index (χ3n) is 4.05. The molecule has 0 N–H and O–H groups in total. The van der Waals surface area contributed by atoms with Gasteiger partial charge in [0.2, 0.25) is 0 Å². The van der Waals surface area contributed by atoms with E-state index in [-0.39, 0.29) is 37.5 Å². The Morgan fingerprint density at radius 1 is 0.966 bits per heavy atom. The summed E-state index contributed by atoms with van der Waals surface area (Å²) in [6.07, 6.45) is -1.39. The van der Waals surface area contributed by atoms with Gasteiger partial charge in [-0.25, -0.2) is 0 Å². The van der Waals surface area contributed by atoms with Crippen molar-refractivity contribution in [3.05, 3.63) is 70.3 Å². The van der Waals surface area contributed by atoms with E-state index in [2.05, 4.69) is 0 Å². The van der Waals surface area contributed by atoms with Crippen LogP contribution in [0.15, 0.2) is 54.6 Å². The van der Waals surface area contributed by atoms with Gasteiger partial charge in [0.15, 0.2) is 6.29 Å². The van der Waals surface area contributed by atoms with E-state index in [1.165, 1.54) is 24.3 Å². The lowest BCUT2D eigenvalue weighted by Gasteiger charge is -2.29. The zero-order valence-electron chi connectivity index (χ0n) is 15.4.